The highest BCUT2D eigenvalue weighted by molar-refractivity contribution is 5.42. The fourth-order valence-electron chi connectivity index (χ4n) is 3.04. The van der Waals surface area contributed by atoms with Gasteiger partial charge in [-0.3, -0.25) is 0 Å². The third kappa shape index (κ3) is 3.30. The fourth-order valence-corrected chi connectivity index (χ4v) is 3.04. The lowest BCUT2D eigenvalue weighted by atomic mass is 9.79. The lowest BCUT2D eigenvalue weighted by molar-refractivity contribution is 0.262. The van der Waals surface area contributed by atoms with Gasteiger partial charge in [-0.2, -0.15) is 0 Å². The maximum Gasteiger partial charge on any atom is 0.122 e. The molecule has 1 N–H and O–H groups in total. The largest absolute Gasteiger partial charge is 0.496 e. The standard InChI is InChI=1S/C17H27NO/c1-5-18-16(11-14-7-6-8-14)15-9-13(3)17(19-4)10-12(15)2/h9-10,14,16,18H,5-8,11H2,1-4H3. The van der Waals surface area contributed by atoms with Crippen LogP contribution >= 0.6 is 0 Å². The molecule has 1 atom stereocenters. The topological polar surface area (TPSA) is 21.3 Å². The van der Waals surface area contributed by atoms with Crippen LogP contribution in [0.3, 0.4) is 0 Å². The number of ether oxygens (including phenoxy) is 1. The van der Waals surface area contributed by atoms with E-state index in [1.807, 2.05) is 0 Å². The van der Waals surface area contributed by atoms with E-state index in [1.54, 1.807) is 7.11 Å². The van der Waals surface area contributed by atoms with Gasteiger partial charge in [0.05, 0.1) is 7.11 Å². The fraction of sp³-hybridized carbons (Fsp3) is 0.647. The van der Waals surface area contributed by atoms with Gasteiger partial charge in [-0.1, -0.05) is 32.3 Å². The predicted molar refractivity (Wildman–Crippen MR) is 80.8 cm³/mol. The second-order valence-electron chi connectivity index (χ2n) is 5.82. The first kappa shape index (κ1) is 14.4. The average Bonchev–Trinajstić information content (AvgIpc) is 2.34. The van der Waals surface area contributed by atoms with Crippen LogP contribution in [0.1, 0.15) is 55.3 Å². The van der Waals surface area contributed by atoms with E-state index >= 15 is 0 Å². The molecular weight excluding hydrogens is 234 g/mol. The van der Waals surface area contributed by atoms with Gasteiger partial charge in [0.2, 0.25) is 0 Å². The zero-order valence-corrected chi connectivity index (χ0v) is 12.8. The van der Waals surface area contributed by atoms with Crippen LogP contribution in [0.5, 0.6) is 5.75 Å². The summed E-state index contributed by atoms with van der Waals surface area (Å²) in [7, 11) is 1.75. The number of aryl methyl sites for hydroxylation is 2. The third-order valence-corrected chi connectivity index (χ3v) is 4.40. The van der Waals surface area contributed by atoms with Crippen LogP contribution in [0.4, 0.5) is 0 Å². The number of rotatable bonds is 6. The van der Waals surface area contributed by atoms with Gasteiger partial charge in [0.15, 0.2) is 0 Å². The Morgan fingerprint density at radius 3 is 2.53 bits per heavy atom. The normalized spacial score (nSPS) is 17.1. The van der Waals surface area contributed by atoms with Crippen LogP contribution in [0.25, 0.3) is 0 Å². The summed E-state index contributed by atoms with van der Waals surface area (Å²) in [5.74, 6) is 1.92. The molecule has 19 heavy (non-hydrogen) atoms. The smallest absolute Gasteiger partial charge is 0.122 e. The van der Waals surface area contributed by atoms with Crippen molar-refractivity contribution in [2.45, 2.75) is 52.5 Å². The molecule has 0 radical (unpaired) electrons. The Kier molecular flexibility index (Phi) is 4.87. The maximum atomic E-state index is 5.41. The van der Waals surface area contributed by atoms with Gasteiger partial charge in [-0.15, -0.1) is 0 Å². The van der Waals surface area contributed by atoms with Gasteiger partial charge < -0.3 is 10.1 Å². The lowest BCUT2D eigenvalue weighted by Crippen LogP contribution is -2.26. The molecule has 106 valence electrons. The number of hydrogen-bond acceptors (Lipinski definition) is 2. The molecule has 1 aromatic carbocycles. The molecule has 0 aromatic heterocycles. The zero-order valence-electron chi connectivity index (χ0n) is 12.8. The summed E-state index contributed by atoms with van der Waals surface area (Å²) in [6, 6.07) is 4.98. The Morgan fingerprint density at radius 2 is 2.00 bits per heavy atom. The molecule has 0 amide bonds. The zero-order chi connectivity index (χ0) is 13.8. The molecule has 2 heteroatoms. The quantitative estimate of drug-likeness (QED) is 0.830. The summed E-state index contributed by atoms with van der Waals surface area (Å²) in [6.45, 7) is 7.55. The van der Waals surface area contributed by atoms with Crippen molar-refractivity contribution in [2.24, 2.45) is 5.92 Å². The van der Waals surface area contributed by atoms with Crippen LogP contribution in [0, 0.1) is 19.8 Å². The maximum absolute atomic E-state index is 5.41. The first-order chi connectivity index (χ1) is 9.15. The Morgan fingerprint density at radius 1 is 1.26 bits per heavy atom. The number of methoxy groups -OCH3 is 1. The summed E-state index contributed by atoms with van der Waals surface area (Å²) >= 11 is 0. The second-order valence-corrected chi connectivity index (χ2v) is 5.82. The molecule has 1 aromatic rings. The second kappa shape index (κ2) is 6.42. The number of benzene rings is 1. The minimum Gasteiger partial charge on any atom is -0.496 e. The minimum atomic E-state index is 0.500. The van der Waals surface area contributed by atoms with Crippen LogP contribution in [0.2, 0.25) is 0 Å². The van der Waals surface area contributed by atoms with E-state index in [-0.39, 0.29) is 0 Å². The van der Waals surface area contributed by atoms with Crippen molar-refractivity contribution in [2.75, 3.05) is 13.7 Å². The molecule has 1 aliphatic rings. The van der Waals surface area contributed by atoms with Crippen LogP contribution < -0.4 is 10.1 Å². The molecule has 2 rings (SSSR count). The van der Waals surface area contributed by atoms with Gasteiger partial charge >= 0.3 is 0 Å². The van der Waals surface area contributed by atoms with E-state index in [9.17, 15) is 0 Å². The molecule has 1 unspecified atom stereocenters. The number of nitrogens with one attached hydrogen (secondary N) is 1. The Labute approximate surface area is 117 Å². The summed E-state index contributed by atoms with van der Waals surface area (Å²) in [6.07, 6.45) is 5.52. The first-order valence-electron chi connectivity index (χ1n) is 7.54. The molecule has 1 fully saturated rings. The Bertz CT molecular complexity index is 424. The van der Waals surface area contributed by atoms with Crippen molar-refractivity contribution in [1.82, 2.24) is 5.32 Å². The van der Waals surface area contributed by atoms with Crippen LogP contribution in [-0.2, 0) is 0 Å². The van der Waals surface area contributed by atoms with Crippen molar-refractivity contribution in [3.05, 3.63) is 28.8 Å². The van der Waals surface area contributed by atoms with Crippen LogP contribution in [-0.4, -0.2) is 13.7 Å². The molecule has 0 bridgehead atoms. The molecule has 2 nitrogen and oxygen atoms in total. The highest BCUT2D eigenvalue weighted by atomic mass is 16.5. The summed E-state index contributed by atoms with van der Waals surface area (Å²) in [5.41, 5.74) is 4.03. The molecule has 0 spiro atoms. The van der Waals surface area contributed by atoms with E-state index in [4.69, 9.17) is 4.74 Å². The van der Waals surface area contributed by atoms with Crippen molar-refractivity contribution >= 4 is 0 Å². The SMILES string of the molecule is CCNC(CC1CCC1)c1cc(C)c(OC)cc1C. The van der Waals surface area contributed by atoms with E-state index in [0.29, 0.717) is 6.04 Å². The summed E-state index contributed by atoms with van der Waals surface area (Å²) in [4.78, 5) is 0. The molecule has 0 heterocycles. The number of hydrogen-bond donors (Lipinski definition) is 1. The highest BCUT2D eigenvalue weighted by Gasteiger charge is 2.24. The average molecular weight is 261 g/mol. The van der Waals surface area contributed by atoms with Crippen molar-refractivity contribution in [3.8, 4) is 5.75 Å². The summed E-state index contributed by atoms with van der Waals surface area (Å²) < 4.78 is 5.41. The highest BCUT2D eigenvalue weighted by Crippen LogP contribution is 2.36. The van der Waals surface area contributed by atoms with Gasteiger partial charge in [-0.05, 0) is 55.5 Å². The summed E-state index contributed by atoms with van der Waals surface area (Å²) in [5, 5.41) is 3.66. The molecule has 1 saturated carbocycles. The van der Waals surface area contributed by atoms with Gasteiger partial charge in [0, 0.05) is 6.04 Å². The predicted octanol–water partition coefficient (Wildman–Crippen LogP) is 4.15. The van der Waals surface area contributed by atoms with Gasteiger partial charge in [-0.25, -0.2) is 0 Å². The third-order valence-electron chi connectivity index (χ3n) is 4.40. The van der Waals surface area contributed by atoms with Gasteiger partial charge in [0.25, 0.3) is 0 Å². The van der Waals surface area contributed by atoms with Crippen molar-refractivity contribution < 1.29 is 4.74 Å². The molecule has 1 aliphatic carbocycles. The van der Waals surface area contributed by atoms with E-state index in [1.165, 1.54) is 42.4 Å². The van der Waals surface area contributed by atoms with Crippen molar-refractivity contribution in [3.63, 3.8) is 0 Å². The lowest BCUT2D eigenvalue weighted by Gasteiger charge is -2.31. The Hall–Kier alpha value is -1.02. The van der Waals surface area contributed by atoms with Crippen molar-refractivity contribution in [1.29, 1.82) is 0 Å². The minimum absolute atomic E-state index is 0.500. The first-order valence-corrected chi connectivity index (χ1v) is 7.54. The van der Waals surface area contributed by atoms with E-state index < -0.39 is 0 Å². The molecule has 0 saturated heterocycles. The molecular formula is C17H27NO. The van der Waals surface area contributed by atoms with Crippen LogP contribution in [0.15, 0.2) is 12.1 Å². The molecule has 0 aliphatic heterocycles. The van der Waals surface area contributed by atoms with Gasteiger partial charge in [0.1, 0.15) is 5.75 Å². The van der Waals surface area contributed by atoms with E-state index in [2.05, 4.69) is 38.2 Å². The Balaban J connectivity index is 2.21. The monoisotopic (exact) mass is 261 g/mol. The van der Waals surface area contributed by atoms with E-state index in [0.717, 1.165) is 18.2 Å².